The highest BCUT2D eigenvalue weighted by Gasteiger charge is 2.34. The zero-order valence-corrected chi connectivity index (χ0v) is 8.09. The summed E-state index contributed by atoms with van der Waals surface area (Å²) in [5.41, 5.74) is 1.33. The number of hydrogen-bond donors (Lipinski definition) is 0. The average molecular weight is 188 g/mol. The molecule has 4 bridgehead atoms. The summed E-state index contributed by atoms with van der Waals surface area (Å²) in [6.07, 6.45) is 6.63. The van der Waals surface area contributed by atoms with Crippen LogP contribution < -0.4 is 0 Å². The van der Waals surface area contributed by atoms with Gasteiger partial charge in [0.15, 0.2) is 5.82 Å². The second kappa shape index (κ2) is 2.77. The predicted octanol–water partition coefficient (Wildman–Crippen LogP) is 1.06. The first kappa shape index (κ1) is 7.91. The summed E-state index contributed by atoms with van der Waals surface area (Å²) in [6, 6.07) is 0.300. The monoisotopic (exact) mass is 188 g/mol. The van der Waals surface area contributed by atoms with Crippen molar-refractivity contribution in [2.45, 2.75) is 19.4 Å². The summed E-state index contributed by atoms with van der Waals surface area (Å²) in [6.45, 7) is 3.31. The Bertz CT molecular complexity index is 378. The molecule has 72 valence electrons. The first-order valence-corrected chi connectivity index (χ1v) is 4.96. The molecule has 1 saturated heterocycles. The molecule has 2 atom stereocenters. The zero-order chi connectivity index (χ0) is 9.54. The van der Waals surface area contributed by atoms with Crippen molar-refractivity contribution in [1.29, 1.82) is 0 Å². The van der Waals surface area contributed by atoms with Gasteiger partial charge in [0.2, 0.25) is 0 Å². The molecule has 0 aromatic heterocycles. The van der Waals surface area contributed by atoms with Gasteiger partial charge < -0.3 is 4.90 Å². The topological polar surface area (TPSA) is 40.3 Å². The van der Waals surface area contributed by atoms with E-state index in [9.17, 15) is 0 Å². The molecule has 4 nitrogen and oxygen atoms in total. The minimum absolute atomic E-state index is 0.300. The molecular weight excluding hydrogens is 176 g/mol. The first-order chi connectivity index (χ1) is 6.86. The molecule has 4 heteroatoms. The maximum Gasteiger partial charge on any atom is 0.157 e. The summed E-state index contributed by atoms with van der Waals surface area (Å²) in [7, 11) is 0. The van der Waals surface area contributed by atoms with Gasteiger partial charge in [-0.05, 0) is 12.3 Å². The smallest absolute Gasteiger partial charge is 0.157 e. The van der Waals surface area contributed by atoms with E-state index in [1.54, 1.807) is 6.34 Å². The highest BCUT2D eigenvalue weighted by atomic mass is 15.2. The number of rotatable bonds is 0. The normalized spacial score (nSPS) is 33.6. The van der Waals surface area contributed by atoms with Crippen LogP contribution in [-0.2, 0) is 0 Å². The van der Waals surface area contributed by atoms with Gasteiger partial charge >= 0.3 is 0 Å². The van der Waals surface area contributed by atoms with E-state index in [0.29, 0.717) is 12.0 Å². The van der Waals surface area contributed by atoms with E-state index in [2.05, 4.69) is 26.8 Å². The van der Waals surface area contributed by atoms with Crippen LogP contribution in [-0.4, -0.2) is 36.4 Å². The Kier molecular flexibility index (Phi) is 1.56. The van der Waals surface area contributed by atoms with Crippen LogP contribution in [0.4, 0.5) is 0 Å². The summed E-state index contributed by atoms with van der Waals surface area (Å²) < 4.78 is 0. The van der Waals surface area contributed by atoms with Crippen molar-refractivity contribution in [3.63, 3.8) is 0 Å². The fourth-order valence-corrected chi connectivity index (χ4v) is 2.27. The molecule has 0 aliphatic carbocycles. The average Bonchev–Trinajstić information content (AvgIpc) is 2.34. The Balaban J connectivity index is 2.16. The van der Waals surface area contributed by atoms with Crippen LogP contribution in [0.1, 0.15) is 13.3 Å². The van der Waals surface area contributed by atoms with Crippen molar-refractivity contribution in [1.82, 2.24) is 4.90 Å². The third kappa shape index (κ3) is 0.967. The van der Waals surface area contributed by atoms with Gasteiger partial charge in [0.05, 0.1) is 12.4 Å². The lowest BCUT2D eigenvalue weighted by molar-refractivity contribution is 0.313. The highest BCUT2D eigenvalue weighted by molar-refractivity contribution is 5.85. The lowest BCUT2D eigenvalue weighted by Gasteiger charge is -2.39. The highest BCUT2D eigenvalue weighted by Crippen LogP contribution is 2.33. The van der Waals surface area contributed by atoms with E-state index in [-0.39, 0.29) is 0 Å². The molecular formula is C10H12N4. The zero-order valence-electron chi connectivity index (χ0n) is 8.09. The van der Waals surface area contributed by atoms with Gasteiger partial charge in [0, 0.05) is 18.3 Å². The Morgan fingerprint density at radius 2 is 2.36 bits per heavy atom. The van der Waals surface area contributed by atoms with Crippen LogP contribution in [0, 0.1) is 5.92 Å². The molecule has 3 aliphatic heterocycles. The predicted molar refractivity (Wildman–Crippen MR) is 56.8 cm³/mol. The van der Waals surface area contributed by atoms with Crippen molar-refractivity contribution >= 4 is 18.9 Å². The van der Waals surface area contributed by atoms with Gasteiger partial charge in [-0.1, -0.05) is 6.92 Å². The maximum atomic E-state index is 4.35. The van der Waals surface area contributed by atoms with Crippen molar-refractivity contribution in [3.05, 3.63) is 11.4 Å². The summed E-state index contributed by atoms with van der Waals surface area (Å²) in [4.78, 5) is 15.0. The fourth-order valence-electron chi connectivity index (χ4n) is 2.27. The van der Waals surface area contributed by atoms with Crippen molar-refractivity contribution in [2.24, 2.45) is 20.9 Å². The summed E-state index contributed by atoms with van der Waals surface area (Å²) in [5.74, 6) is 1.45. The Labute approximate surface area is 82.8 Å². The van der Waals surface area contributed by atoms with Gasteiger partial charge in [0.1, 0.15) is 6.34 Å². The molecule has 3 rings (SSSR count). The van der Waals surface area contributed by atoms with E-state index >= 15 is 0 Å². The molecule has 3 aliphatic rings. The van der Waals surface area contributed by atoms with Crippen LogP contribution in [0.5, 0.6) is 0 Å². The lowest BCUT2D eigenvalue weighted by Crippen LogP contribution is -2.46. The molecule has 0 spiro atoms. The Morgan fingerprint density at radius 1 is 1.43 bits per heavy atom. The van der Waals surface area contributed by atoms with Crippen LogP contribution in [0.3, 0.4) is 0 Å². The molecule has 14 heavy (non-hydrogen) atoms. The maximum absolute atomic E-state index is 4.35. The molecule has 0 N–H and O–H groups in total. The van der Waals surface area contributed by atoms with Gasteiger partial charge in [-0.3, -0.25) is 0 Å². The van der Waals surface area contributed by atoms with E-state index in [4.69, 9.17) is 0 Å². The molecule has 3 heterocycles. The molecule has 0 aromatic rings. The van der Waals surface area contributed by atoms with Gasteiger partial charge in [-0.15, -0.1) is 0 Å². The molecule has 0 saturated carbocycles. The molecule has 0 radical (unpaired) electrons. The molecule has 0 amide bonds. The third-order valence-corrected chi connectivity index (χ3v) is 3.09. The minimum atomic E-state index is 0.300. The standard InChI is InChI=1S/C10H12N4/c1-7-2-3-14-6-13-10-9(7)8(14)4-11-5-12-10/h4-8H,2-3H2,1H3. The quantitative estimate of drug-likeness (QED) is 0.560. The van der Waals surface area contributed by atoms with Gasteiger partial charge in [0.25, 0.3) is 0 Å². The lowest BCUT2D eigenvalue weighted by atomic mass is 9.86. The Morgan fingerprint density at radius 3 is 3.29 bits per heavy atom. The second-order valence-corrected chi connectivity index (χ2v) is 3.94. The van der Waals surface area contributed by atoms with Gasteiger partial charge in [-0.2, -0.15) is 0 Å². The van der Waals surface area contributed by atoms with E-state index in [0.717, 1.165) is 12.4 Å². The summed E-state index contributed by atoms with van der Waals surface area (Å²) in [5, 5.41) is 0. The van der Waals surface area contributed by atoms with E-state index in [1.807, 2.05) is 12.6 Å². The number of nitrogens with zero attached hydrogens (tertiary/aromatic N) is 4. The second-order valence-electron chi connectivity index (χ2n) is 3.94. The van der Waals surface area contributed by atoms with Crippen LogP contribution in [0.2, 0.25) is 0 Å². The van der Waals surface area contributed by atoms with Crippen LogP contribution >= 0.6 is 0 Å². The first-order valence-electron chi connectivity index (χ1n) is 4.96. The number of hydrogen-bond acceptors (Lipinski definition) is 4. The SMILES string of the molecule is CC1CCN2C=NC3=C1C2C=NC=N3. The van der Waals surface area contributed by atoms with Crippen molar-refractivity contribution in [3.8, 4) is 0 Å². The third-order valence-electron chi connectivity index (χ3n) is 3.09. The van der Waals surface area contributed by atoms with Crippen LogP contribution in [0.15, 0.2) is 26.4 Å². The minimum Gasteiger partial charge on any atom is -0.351 e. The Hall–Kier alpha value is -1.45. The van der Waals surface area contributed by atoms with Crippen molar-refractivity contribution in [2.75, 3.05) is 6.54 Å². The van der Waals surface area contributed by atoms with Gasteiger partial charge in [-0.25, -0.2) is 15.0 Å². The summed E-state index contributed by atoms with van der Waals surface area (Å²) >= 11 is 0. The van der Waals surface area contributed by atoms with Crippen LogP contribution in [0.25, 0.3) is 0 Å². The molecule has 2 unspecified atom stereocenters. The molecule has 0 aromatic carbocycles. The molecule has 1 fully saturated rings. The number of piperidine rings is 1. The fraction of sp³-hybridized carbons (Fsp3) is 0.500. The largest absolute Gasteiger partial charge is 0.351 e. The van der Waals surface area contributed by atoms with Crippen molar-refractivity contribution < 1.29 is 0 Å². The number of aliphatic imine (C=N–C) groups is 3. The van der Waals surface area contributed by atoms with E-state index < -0.39 is 0 Å². The van der Waals surface area contributed by atoms with E-state index in [1.165, 1.54) is 12.0 Å².